The van der Waals surface area contributed by atoms with Crippen LogP contribution < -0.4 is 10.6 Å². The standard InChI is InChI=1S/C30H29F3N4O4/c31-30(32,33)24-6-2-5-22(17-24)29(40)36-25-7-1-4-21(16-25)9-10-28(39)35-26-18-23(19-34-20-26)27(38)8-3-11-37-12-14-41-15-13-37/h1-2,4-7,9-10,16-20H,3,8,11-15H2,(H,35,39)(H,36,40)/b10-9+. The molecule has 8 nitrogen and oxygen atoms in total. The lowest BCUT2D eigenvalue weighted by Gasteiger charge is -2.26. The van der Waals surface area contributed by atoms with Crippen molar-refractivity contribution < 1.29 is 32.3 Å². The number of anilines is 2. The van der Waals surface area contributed by atoms with E-state index < -0.39 is 23.6 Å². The monoisotopic (exact) mass is 566 g/mol. The Morgan fingerprint density at radius 2 is 1.71 bits per heavy atom. The lowest BCUT2D eigenvalue weighted by Crippen LogP contribution is -2.36. The fourth-order valence-electron chi connectivity index (χ4n) is 4.21. The number of alkyl halides is 3. The number of ether oxygens (including phenoxy) is 1. The number of rotatable bonds is 10. The first-order valence-electron chi connectivity index (χ1n) is 13.0. The minimum atomic E-state index is -4.56. The number of benzene rings is 2. The van der Waals surface area contributed by atoms with E-state index in [1.54, 1.807) is 30.3 Å². The predicted octanol–water partition coefficient (Wildman–Crippen LogP) is 5.30. The van der Waals surface area contributed by atoms with E-state index in [1.807, 2.05) is 0 Å². The van der Waals surface area contributed by atoms with Crippen molar-refractivity contribution in [3.05, 3.63) is 95.3 Å². The predicted molar refractivity (Wildman–Crippen MR) is 149 cm³/mol. The van der Waals surface area contributed by atoms with Gasteiger partial charge in [-0.25, -0.2) is 0 Å². The van der Waals surface area contributed by atoms with Gasteiger partial charge in [-0.3, -0.25) is 24.3 Å². The molecule has 3 aromatic rings. The van der Waals surface area contributed by atoms with E-state index in [2.05, 4.69) is 20.5 Å². The number of hydrogen-bond acceptors (Lipinski definition) is 6. The largest absolute Gasteiger partial charge is 0.416 e. The van der Waals surface area contributed by atoms with Gasteiger partial charge < -0.3 is 15.4 Å². The molecule has 0 radical (unpaired) electrons. The molecule has 0 spiro atoms. The number of amides is 2. The Hall–Kier alpha value is -4.35. The Morgan fingerprint density at radius 1 is 0.927 bits per heavy atom. The fourth-order valence-corrected chi connectivity index (χ4v) is 4.21. The summed E-state index contributed by atoms with van der Waals surface area (Å²) in [5.41, 5.74) is 0.662. The zero-order chi connectivity index (χ0) is 29.2. The third-order valence-electron chi connectivity index (χ3n) is 6.33. The van der Waals surface area contributed by atoms with Crippen molar-refractivity contribution in [1.29, 1.82) is 0 Å². The number of Topliss-reactive ketones (excluding diaryl/α,β-unsaturated/α-hetero) is 1. The SMILES string of the molecule is O=C(/C=C/c1cccc(NC(=O)c2cccc(C(F)(F)F)c2)c1)Nc1cncc(C(=O)CCCN2CCOCC2)c1. The molecule has 41 heavy (non-hydrogen) atoms. The zero-order valence-electron chi connectivity index (χ0n) is 22.1. The second-order valence-corrected chi connectivity index (χ2v) is 9.42. The van der Waals surface area contributed by atoms with Crippen molar-refractivity contribution in [3.8, 4) is 0 Å². The average Bonchev–Trinajstić information content (AvgIpc) is 2.96. The van der Waals surface area contributed by atoms with Gasteiger partial charge in [-0.2, -0.15) is 13.2 Å². The van der Waals surface area contributed by atoms with Crippen molar-refractivity contribution >= 4 is 35.0 Å². The van der Waals surface area contributed by atoms with Gasteiger partial charge in [0.15, 0.2) is 5.78 Å². The molecule has 0 bridgehead atoms. The van der Waals surface area contributed by atoms with E-state index in [4.69, 9.17) is 4.74 Å². The van der Waals surface area contributed by atoms with E-state index in [-0.39, 0.29) is 11.3 Å². The van der Waals surface area contributed by atoms with Crippen molar-refractivity contribution in [3.63, 3.8) is 0 Å². The molecule has 11 heteroatoms. The van der Waals surface area contributed by atoms with Gasteiger partial charge in [0.25, 0.3) is 5.91 Å². The van der Waals surface area contributed by atoms with Crippen LogP contribution in [0.4, 0.5) is 24.5 Å². The molecule has 2 N–H and O–H groups in total. The molecule has 2 amide bonds. The molecular formula is C30H29F3N4O4. The van der Waals surface area contributed by atoms with E-state index in [9.17, 15) is 27.6 Å². The molecule has 0 unspecified atom stereocenters. The second kappa shape index (κ2) is 13.8. The number of hydrogen-bond donors (Lipinski definition) is 2. The van der Waals surface area contributed by atoms with Crippen LogP contribution in [0.5, 0.6) is 0 Å². The topological polar surface area (TPSA) is 101 Å². The Balaban J connectivity index is 1.30. The Bertz CT molecular complexity index is 1420. The minimum absolute atomic E-state index is 0.0543. The number of carbonyl (C=O) groups is 3. The maximum Gasteiger partial charge on any atom is 0.416 e. The number of aromatic nitrogens is 1. The van der Waals surface area contributed by atoms with Crippen LogP contribution in [0.2, 0.25) is 0 Å². The number of morpholine rings is 1. The summed E-state index contributed by atoms with van der Waals surface area (Å²) in [5, 5.41) is 5.24. The summed E-state index contributed by atoms with van der Waals surface area (Å²) >= 11 is 0. The highest BCUT2D eigenvalue weighted by Crippen LogP contribution is 2.29. The summed E-state index contributed by atoms with van der Waals surface area (Å²) in [5.74, 6) is -1.21. The fraction of sp³-hybridized carbons (Fsp3) is 0.267. The number of nitrogens with one attached hydrogen (secondary N) is 2. The second-order valence-electron chi connectivity index (χ2n) is 9.42. The maximum atomic E-state index is 13.0. The van der Waals surface area contributed by atoms with Crippen LogP contribution >= 0.6 is 0 Å². The molecule has 0 atom stereocenters. The quantitative estimate of drug-likeness (QED) is 0.255. The molecule has 2 aromatic carbocycles. The van der Waals surface area contributed by atoms with Crippen LogP contribution in [0.15, 0.2) is 73.1 Å². The highest BCUT2D eigenvalue weighted by Gasteiger charge is 2.30. The Kier molecular flexibility index (Phi) is 9.99. The molecule has 2 heterocycles. The highest BCUT2D eigenvalue weighted by atomic mass is 19.4. The molecule has 1 saturated heterocycles. The average molecular weight is 567 g/mol. The normalized spacial score (nSPS) is 14.1. The van der Waals surface area contributed by atoms with Crippen molar-refractivity contribution in [1.82, 2.24) is 9.88 Å². The van der Waals surface area contributed by atoms with Crippen LogP contribution in [-0.2, 0) is 15.7 Å². The van der Waals surface area contributed by atoms with Crippen LogP contribution in [0.25, 0.3) is 6.08 Å². The molecule has 4 rings (SSSR count). The van der Waals surface area contributed by atoms with E-state index in [0.717, 1.165) is 38.2 Å². The van der Waals surface area contributed by atoms with Gasteiger partial charge in [-0.05, 0) is 61.0 Å². The maximum absolute atomic E-state index is 13.0. The molecule has 1 fully saturated rings. The summed E-state index contributed by atoms with van der Waals surface area (Å²) in [4.78, 5) is 43.9. The highest BCUT2D eigenvalue weighted by molar-refractivity contribution is 6.05. The van der Waals surface area contributed by atoms with Crippen molar-refractivity contribution in [2.45, 2.75) is 19.0 Å². The number of pyridine rings is 1. The smallest absolute Gasteiger partial charge is 0.379 e. The first-order chi connectivity index (χ1) is 19.7. The van der Waals surface area contributed by atoms with Gasteiger partial charge in [0.05, 0.1) is 30.7 Å². The lowest BCUT2D eigenvalue weighted by molar-refractivity contribution is -0.137. The molecule has 0 aliphatic carbocycles. The summed E-state index contributed by atoms with van der Waals surface area (Å²) in [7, 11) is 0. The minimum Gasteiger partial charge on any atom is -0.379 e. The lowest BCUT2D eigenvalue weighted by atomic mass is 10.1. The molecule has 0 saturated carbocycles. The number of carbonyl (C=O) groups excluding carboxylic acids is 3. The zero-order valence-corrected chi connectivity index (χ0v) is 22.1. The van der Waals surface area contributed by atoms with Crippen molar-refractivity contribution in [2.24, 2.45) is 0 Å². The molecule has 1 aliphatic rings. The number of ketones is 1. The van der Waals surface area contributed by atoms with E-state index in [0.29, 0.717) is 42.1 Å². The van der Waals surface area contributed by atoms with Gasteiger partial charge >= 0.3 is 6.18 Å². The van der Waals surface area contributed by atoms with Gasteiger partial charge in [0.2, 0.25) is 5.91 Å². The van der Waals surface area contributed by atoms with Crippen LogP contribution in [-0.4, -0.2) is 60.3 Å². The summed E-state index contributed by atoms with van der Waals surface area (Å²) < 4.78 is 44.2. The van der Waals surface area contributed by atoms with Crippen LogP contribution in [0, 0.1) is 0 Å². The van der Waals surface area contributed by atoms with Gasteiger partial charge in [0.1, 0.15) is 0 Å². The van der Waals surface area contributed by atoms with Crippen LogP contribution in [0.1, 0.15) is 44.7 Å². The molecule has 1 aromatic heterocycles. The van der Waals surface area contributed by atoms with Gasteiger partial charge in [0, 0.05) is 48.6 Å². The summed E-state index contributed by atoms with van der Waals surface area (Å²) in [6, 6.07) is 12.2. The molecular weight excluding hydrogens is 537 g/mol. The Labute approximate surface area is 235 Å². The molecule has 214 valence electrons. The van der Waals surface area contributed by atoms with E-state index in [1.165, 1.54) is 36.7 Å². The van der Waals surface area contributed by atoms with Gasteiger partial charge in [-0.1, -0.05) is 18.2 Å². The number of nitrogens with zero attached hydrogens (tertiary/aromatic N) is 2. The third kappa shape index (κ3) is 9.09. The van der Waals surface area contributed by atoms with Crippen LogP contribution in [0.3, 0.4) is 0 Å². The van der Waals surface area contributed by atoms with E-state index >= 15 is 0 Å². The molecule has 1 aliphatic heterocycles. The Morgan fingerprint density at radius 3 is 2.49 bits per heavy atom. The van der Waals surface area contributed by atoms with Gasteiger partial charge in [-0.15, -0.1) is 0 Å². The third-order valence-corrected chi connectivity index (χ3v) is 6.33. The first kappa shape index (κ1) is 29.6. The van der Waals surface area contributed by atoms with Crippen molar-refractivity contribution in [2.75, 3.05) is 43.5 Å². The number of halogens is 3. The summed E-state index contributed by atoms with van der Waals surface area (Å²) in [6.07, 6.45) is 2.25. The summed E-state index contributed by atoms with van der Waals surface area (Å²) in [6.45, 7) is 3.96. The first-order valence-corrected chi connectivity index (χ1v) is 13.0.